The van der Waals surface area contributed by atoms with Gasteiger partial charge >= 0.3 is 0 Å². The van der Waals surface area contributed by atoms with Gasteiger partial charge in [0.1, 0.15) is 5.75 Å². The van der Waals surface area contributed by atoms with Crippen LogP contribution in [-0.2, 0) is 6.42 Å². The molecule has 2 nitrogen and oxygen atoms in total. The fourth-order valence-electron chi connectivity index (χ4n) is 4.25. The molecule has 1 aliphatic carbocycles. The van der Waals surface area contributed by atoms with Crippen molar-refractivity contribution in [1.82, 2.24) is 4.90 Å². The number of rotatable bonds is 7. The molecule has 0 amide bonds. The van der Waals surface area contributed by atoms with E-state index in [1.807, 2.05) is 12.1 Å². The second kappa shape index (κ2) is 9.05. The van der Waals surface area contributed by atoms with Gasteiger partial charge in [-0.05, 0) is 80.8 Å². The fraction of sp³-hybridized carbons (Fsp3) is 0.478. The zero-order valence-corrected chi connectivity index (χ0v) is 15.4. The highest BCUT2D eigenvalue weighted by Gasteiger charge is 2.25. The van der Waals surface area contributed by atoms with E-state index in [0.717, 1.165) is 12.6 Å². The highest BCUT2D eigenvalue weighted by atomic mass is 16.3. The Hall–Kier alpha value is -1.80. The van der Waals surface area contributed by atoms with Gasteiger partial charge in [-0.3, -0.25) is 0 Å². The first-order valence-electron chi connectivity index (χ1n) is 9.83. The molecule has 0 aromatic heterocycles. The molecule has 0 atom stereocenters. The van der Waals surface area contributed by atoms with Gasteiger partial charge in [-0.25, -0.2) is 0 Å². The fourth-order valence-corrected chi connectivity index (χ4v) is 4.25. The van der Waals surface area contributed by atoms with Crippen molar-refractivity contribution in [2.75, 3.05) is 13.1 Å². The van der Waals surface area contributed by atoms with Gasteiger partial charge in [-0.1, -0.05) is 49.4 Å². The van der Waals surface area contributed by atoms with Crippen LogP contribution in [0.4, 0.5) is 0 Å². The van der Waals surface area contributed by atoms with Crippen LogP contribution in [0.5, 0.6) is 5.75 Å². The first kappa shape index (κ1) is 18.0. The molecule has 0 radical (unpaired) electrons. The highest BCUT2D eigenvalue weighted by molar-refractivity contribution is 5.28. The van der Waals surface area contributed by atoms with Crippen molar-refractivity contribution in [3.8, 4) is 5.75 Å². The van der Waals surface area contributed by atoms with E-state index in [4.69, 9.17) is 0 Å². The molecule has 1 N–H and O–H groups in total. The molecule has 2 aromatic rings. The van der Waals surface area contributed by atoms with E-state index in [9.17, 15) is 5.11 Å². The third-order valence-electron chi connectivity index (χ3n) is 5.74. The normalized spacial score (nSPS) is 20.7. The second-order valence-electron chi connectivity index (χ2n) is 7.31. The van der Waals surface area contributed by atoms with E-state index < -0.39 is 0 Å². The molecular weight excluding hydrogens is 306 g/mol. The quantitative estimate of drug-likeness (QED) is 0.734. The number of aromatic hydroxyl groups is 1. The van der Waals surface area contributed by atoms with E-state index in [2.05, 4.69) is 54.3 Å². The number of hydrogen-bond donors (Lipinski definition) is 1. The lowest BCUT2D eigenvalue weighted by Gasteiger charge is -2.36. The minimum absolute atomic E-state index is 0.369. The molecule has 2 heteroatoms. The summed E-state index contributed by atoms with van der Waals surface area (Å²) in [6.07, 6.45) is 7.56. The number of phenolic OH excluding ortho intramolecular Hbond substituents is 1. The molecule has 25 heavy (non-hydrogen) atoms. The van der Waals surface area contributed by atoms with Gasteiger partial charge in [0.2, 0.25) is 0 Å². The van der Waals surface area contributed by atoms with Crippen LogP contribution >= 0.6 is 0 Å². The Balaban J connectivity index is 1.46. The summed E-state index contributed by atoms with van der Waals surface area (Å²) < 4.78 is 0. The van der Waals surface area contributed by atoms with Gasteiger partial charge in [0.05, 0.1) is 0 Å². The van der Waals surface area contributed by atoms with Crippen molar-refractivity contribution in [2.45, 2.75) is 57.4 Å². The summed E-state index contributed by atoms with van der Waals surface area (Å²) >= 11 is 0. The molecule has 2 aromatic carbocycles. The lowest BCUT2D eigenvalue weighted by Crippen LogP contribution is -2.38. The summed E-state index contributed by atoms with van der Waals surface area (Å²) in [5, 5.41) is 9.46. The van der Waals surface area contributed by atoms with Gasteiger partial charge in [0.25, 0.3) is 0 Å². The van der Waals surface area contributed by atoms with Crippen LogP contribution in [0.25, 0.3) is 0 Å². The molecule has 0 saturated heterocycles. The SMILES string of the molecule is CCN(CCCc1ccccc1)[C@H]1CC[C@H](c2ccc(O)cc2)CC1. The van der Waals surface area contributed by atoms with Crippen molar-refractivity contribution in [3.63, 3.8) is 0 Å². The molecule has 0 aliphatic heterocycles. The predicted molar refractivity (Wildman–Crippen MR) is 105 cm³/mol. The molecule has 1 aliphatic rings. The number of hydrogen-bond acceptors (Lipinski definition) is 2. The maximum Gasteiger partial charge on any atom is 0.115 e. The Morgan fingerprint density at radius 3 is 2.24 bits per heavy atom. The Morgan fingerprint density at radius 2 is 1.60 bits per heavy atom. The Labute approximate surface area is 152 Å². The molecule has 1 fully saturated rings. The van der Waals surface area contributed by atoms with Gasteiger partial charge in [0.15, 0.2) is 0 Å². The maximum absolute atomic E-state index is 9.46. The van der Waals surface area contributed by atoms with Crippen molar-refractivity contribution >= 4 is 0 Å². The summed E-state index contributed by atoms with van der Waals surface area (Å²) in [4.78, 5) is 2.69. The monoisotopic (exact) mass is 337 g/mol. The van der Waals surface area contributed by atoms with Crippen LogP contribution in [0.1, 0.15) is 56.1 Å². The van der Waals surface area contributed by atoms with Gasteiger partial charge in [-0.2, -0.15) is 0 Å². The zero-order chi connectivity index (χ0) is 17.5. The summed E-state index contributed by atoms with van der Waals surface area (Å²) in [5.41, 5.74) is 2.85. The topological polar surface area (TPSA) is 23.5 Å². The molecular formula is C23H31NO. The Morgan fingerprint density at radius 1 is 0.920 bits per heavy atom. The standard InChI is InChI=1S/C23H31NO/c1-2-24(18-6-9-19-7-4-3-5-8-19)22-14-10-20(11-15-22)21-12-16-23(25)17-13-21/h3-5,7-8,12-13,16-17,20,22,25H,2,6,9-11,14-15,18H2,1H3/t20-,22-. The van der Waals surface area contributed by atoms with Crippen molar-refractivity contribution in [2.24, 2.45) is 0 Å². The van der Waals surface area contributed by atoms with E-state index in [-0.39, 0.29) is 0 Å². The van der Waals surface area contributed by atoms with Crippen LogP contribution in [0.2, 0.25) is 0 Å². The van der Waals surface area contributed by atoms with E-state index in [0.29, 0.717) is 11.7 Å². The third-order valence-corrected chi connectivity index (χ3v) is 5.74. The first-order valence-corrected chi connectivity index (χ1v) is 9.83. The van der Waals surface area contributed by atoms with Gasteiger partial charge < -0.3 is 10.0 Å². The van der Waals surface area contributed by atoms with E-state index >= 15 is 0 Å². The number of aryl methyl sites for hydroxylation is 1. The highest BCUT2D eigenvalue weighted by Crippen LogP contribution is 2.35. The lowest BCUT2D eigenvalue weighted by atomic mass is 9.81. The summed E-state index contributed by atoms with van der Waals surface area (Å²) in [6, 6.07) is 19.4. The minimum Gasteiger partial charge on any atom is -0.508 e. The van der Waals surface area contributed by atoms with Crippen LogP contribution in [0, 0.1) is 0 Å². The van der Waals surface area contributed by atoms with Crippen molar-refractivity contribution in [1.29, 1.82) is 0 Å². The third kappa shape index (κ3) is 5.09. The van der Waals surface area contributed by atoms with Gasteiger partial charge in [0, 0.05) is 6.04 Å². The zero-order valence-electron chi connectivity index (χ0n) is 15.4. The lowest BCUT2D eigenvalue weighted by molar-refractivity contribution is 0.154. The molecule has 1 saturated carbocycles. The molecule has 0 unspecified atom stereocenters. The van der Waals surface area contributed by atoms with E-state index in [1.54, 1.807) is 0 Å². The average Bonchev–Trinajstić information content (AvgIpc) is 2.67. The van der Waals surface area contributed by atoms with Crippen LogP contribution in [0.15, 0.2) is 54.6 Å². The number of benzene rings is 2. The average molecular weight is 338 g/mol. The molecule has 0 bridgehead atoms. The minimum atomic E-state index is 0.369. The molecule has 0 spiro atoms. The molecule has 3 rings (SSSR count). The summed E-state index contributed by atoms with van der Waals surface area (Å²) in [7, 11) is 0. The Kier molecular flexibility index (Phi) is 6.52. The van der Waals surface area contributed by atoms with Crippen molar-refractivity contribution in [3.05, 3.63) is 65.7 Å². The molecule has 134 valence electrons. The summed E-state index contributed by atoms with van der Waals surface area (Å²) in [6.45, 7) is 4.66. The van der Waals surface area contributed by atoms with Crippen LogP contribution in [0.3, 0.4) is 0 Å². The smallest absolute Gasteiger partial charge is 0.115 e. The Bertz CT molecular complexity index is 614. The van der Waals surface area contributed by atoms with Crippen molar-refractivity contribution < 1.29 is 5.11 Å². The van der Waals surface area contributed by atoms with E-state index in [1.165, 1.54) is 56.2 Å². The molecule has 0 heterocycles. The maximum atomic E-state index is 9.46. The van der Waals surface area contributed by atoms with Crippen LogP contribution in [-0.4, -0.2) is 29.1 Å². The predicted octanol–water partition coefficient (Wildman–Crippen LogP) is 5.37. The first-order chi connectivity index (χ1) is 12.3. The summed E-state index contributed by atoms with van der Waals surface area (Å²) in [5.74, 6) is 1.04. The van der Waals surface area contributed by atoms with Crippen LogP contribution < -0.4 is 0 Å². The largest absolute Gasteiger partial charge is 0.508 e. The second-order valence-corrected chi connectivity index (χ2v) is 7.31. The van der Waals surface area contributed by atoms with Gasteiger partial charge in [-0.15, -0.1) is 0 Å². The number of nitrogens with zero attached hydrogens (tertiary/aromatic N) is 1. The number of phenols is 1.